The van der Waals surface area contributed by atoms with E-state index in [1.165, 1.54) is 41.5 Å². The number of hydrogen-bond acceptors (Lipinski definition) is 3. The highest BCUT2D eigenvalue weighted by Gasteiger charge is 2.13. The fourth-order valence-corrected chi connectivity index (χ4v) is 4.01. The van der Waals surface area contributed by atoms with E-state index in [0.29, 0.717) is 12.1 Å². The smallest absolute Gasteiger partial charge is 0.0575 e. The Bertz CT molecular complexity index is 363. The summed E-state index contributed by atoms with van der Waals surface area (Å²) < 4.78 is 7.11. The van der Waals surface area contributed by atoms with Gasteiger partial charge >= 0.3 is 0 Å². The molecule has 1 unspecified atom stereocenters. The zero-order valence-corrected chi connectivity index (χ0v) is 14.1. The van der Waals surface area contributed by atoms with Crippen molar-refractivity contribution in [2.75, 3.05) is 13.2 Å². The highest BCUT2D eigenvalue weighted by molar-refractivity contribution is 9.10. The zero-order chi connectivity index (χ0) is 13.5. The van der Waals surface area contributed by atoms with Gasteiger partial charge in [0.05, 0.1) is 6.10 Å². The molecule has 0 radical (unpaired) electrons. The Balaban J connectivity index is 1.54. The highest BCUT2D eigenvalue weighted by Crippen LogP contribution is 2.25. The van der Waals surface area contributed by atoms with E-state index in [1.54, 1.807) is 11.3 Å². The van der Waals surface area contributed by atoms with Gasteiger partial charge < -0.3 is 10.1 Å². The van der Waals surface area contributed by atoms with Crippen molar-refractivity contribution in [3.63, 3.8) is 0 Å². The van der Waals surface area contributed by atoms with E-state index in [4.69, 9.17) is 4.74 Å². The summed E-state index contributed by atoms with van der Waals surface area (Å²) in [6, 6.07) is 2.63. The summed E-state index contributed by atoms with van der Waals surface area (Å²) >= 11 is 5.30. The minimum Gasteiger partial charge on any atom is -0.378 e. The molecule has 2 nitrogen and oxygen atoms in total. The topological polar surface area (TPSA) is 21.3 Å². The number of nitrogens with one attached hydrogen (secondary N) is 1. The Morgan fingerprint density at radius 1 is 1.42 bits per heavy atom. The van der Waals surface area contributed by atoms with E-state index in [2.05, 4.69) is 39.6 Å². The number of thiophene rings is 1. The van der Waals surface area contributed by atoms with E-state index in [0.717, 1.165) is 19.6 Å². The molecule has 1 aromatic heterocycles. The number of ether oxygens (including phenoxy) is 1. The van der Waals surface area contributed by atoms with Crippen molar-refractivity contribution in [2.45, 2.75) is 57.6 Å². The van der Waals surface area contributed by atoms with Crippen molar-refractivity contribution in [3.8, 4) is 0 Å². The summed E-state index contributed by atoms with van der Waals surface area (Å²) in [6.45, 7) is 4.15. The lowest BCUT2D eigenvalue weighted by Crippen LogP contribution is -2.22. The van der Waals surface area contributed by atoms with Crippen LogP contribution in [0, 0.1) is 0 Å². The van der Waals surface area contributed by atoms with Crippen molar-refractivity contribution >= 4 is 27.3 Å². The van der Waals surface area contributed by atoms with E-state index >= 15 is 0 Å². The average molecular weight is 346 g/mol. The lowest BCUT2D eigenvalue weighted by Gasteiger charge is -2.22. The molecule has 1 heterocycles. The summed E-state index contributed by atoms with van der Waals surface area (Å²) in [7, 11) is 0. The van der Waals surface area contributed by atoms with Gasteiger partial charge in [-0.25, -0.2) is 0 Å². The van der Waals surface area contributed by atoms with Gasteiger partial charge in [-0.1, -0.05) is 19.3 Å². The first-order valence-corrected chi connectivity index (χ1v) is 9.02. The second-order valence-electron chi connectivity index (χ2n) is 5.33. The summed E-state index contributed by atoms with van der Waals surface area (Å²) in [4.78, 5) is 1.39. The van der Waals surface area contributed by atoms with Crippen LogP contribution in [-0.2, 0) is 4.74 Å². The van der Waals surface area contributed by atoms with Gasteiger partial charge in [0, 0.05) is 27.4 Å². The van der Waals surface area contributed by atoms with E-state index in [1.807, 2.05) is 0 Å². The molecule has 0 aliphatic heterocycles. The Kier molecular flexibility index (Phi) is 6.85. The molecule has 1 saturated carbocycles. The molecule has 0 spiro atoms. The lowest BCUT2D eigenvalue weighted by atomic mass is 9.98. The van der Waals surface area contributed by atoms with Gasteiger partial charge in [0.25, 0.3) is 0 Å². The van der Waals surface area contributed by atoms with Crippen molar-refractivity contribution in [1.82, 2.24) is 5.32 Å². The molecule has 0 aromatic carbocycles. The minimum atomic E-state index is 0.436. The van der Waals surface area contributed by atoms with Crippen LogP contribution in [0.1, 0.15) is 56.4 Å². The SMILES string of the molecule is CC(NCCCOC1CCCCC1)c1cc(Br)cs1. The van der Waals surface area contributed by atoms with Crippen LogP contribution in [-0.4, -0.2) is 19.3 Å². The normalized spacial score (nSPS) is 18.6. The third-order valence-electron chi connectivity index (χ3n) is 3.69. The molecule has 2 rings (SSSR count). The molecule has 1 aromatic rings. The van der Waals surface area contributed by atoms with Gasteiger partial charge in [-0.2, -0.15) is 0 Å². The molecule has 1 atom stereocenters. The lowest BCUT2D eigenvalue weighted by molar-refractivity contribution is 0.0271. The minimum absolute atomic E-state index is 0.436. The van der Waals surface area contributed by atoms with Crippen LogP contribution in [0.3, 0.4) is 0 Å². The second-order valence-corrected chi connectivity index (χ2v) is 7.19. The molecule has 108 valence electrons. The van der Waals surface area contributed by atoms with Crippen molar-refractivity contribution < 1.29 is 4.74 Å². The van der Waals surface area contributed by atoms with Gasteiger partial charge in [-0.3, -0.25) is 0 Å². The molecule has 1 aliphatic rings. The third-order valence-corrected chi connectivity index (χ3v) is 5.57. The van der Waals surface area contributed by atoms with Crippen LogP contribution in [0.25, 0.3) is 0 Å². The molecular formula is C15H24BrNOS. The molecule has 19 heavy (non-hydrogen) atoms. The van der Waals surface area contributed by atoms with Crippen molar-refractivity contribution in [2.24, 2.45) is 0 Å². The average Bonchev–Trinajstić information content (AvgIpc) is 2.86. The first-order valence-electron chi connectivity index (χ1n) is 7.34. The number of halogens is 1. The monoisotopic (exact) mass is 345 g/mol. The summed E-state index contributed by atoms with van der Waals surface area (Å²) in [6.07, 6.45) is 8.29. The molecule has 0 bridgehead atoms. The van der Waals surface area contributed by atoms with Gasteiger partial charge in [-0.15, -0.1) is 11.3 Å². The van der Waals surface area contributed by atoms with Crippen LogP contribution in [0.2, 0.25) is 0 Å². The van der Waals surface area contributed by atoms with Crippen LogP contribution in [0.15, 0.2) is 15.9 Å². The van der Waals surface area contributed by atoms with E-state index < -0.39 is 0 Å². The maximum Gasteiger partial charge on any atom is 0.0575 e. The fraction of sp³-hybridized carbons (Fsp3) is 0.733. The van der Waals surface area contributed by atoms with Crippen LogP contribution in [0.5, 0.6) is 0 Å². The molecule has 4 heteroatoms. The highest BCUT2D eigenvalue weighted by atomic mass is 79.9. The molecule has 1 aliphatic carbocycles. The summed E-state index contributed by atoms with van der Waals surface area (Å²) in [5.74, 6) is 0. The Morgan fingerprint density at radius 2 is 2.21 bits per heavy atom. The van der Waals surface area contributed by atoms with Gasteiger partial charge in [0.1, 0.15) is 0 Å². The predicted octanol–water partition coefficient (Wildman–Crippen LogP) is 4.90. The quantitative estimate of drug-likeness (QED) is 0.709. The van der Waals surface area contributed by atoms with Crippen LogP contribution >= 0.6 is 27.3 Å². The van der Waals surface area contributed by atoms with Crippen molar-refractivity contribution in [1.29, 1.82) is 0 Å². The molecular weight excluding hydrogens is 322 g/mol. The summed E-state index contributed by atoms with van der Waals surface area (Å²) in [5, 5.41) is 5.70. The van der Waals surface area contributed by atoms with Gasteiger partial charge in [-0.05, 0) is 54.7 Å². The maximum atomic E-state index is 5.93. The summed E-state index contributed by atoms with van der Waals surface area (Å²) in [5.41, 5.74) is 0. The van der Waals surface area contributed by atoms with E-state index in [-0.39, 0.29) is 0 Å². The second kappa shape index (κ2) is 8.40. The Morgan fingerprint density at radius 3 is 2.89 bits per heavy atom. The Labute approximate surface area is 129 Å². The first-order chi connectivity index (χ1) is 9.25. The van der Waals surface area contributed by atoms with E-state index in [9.17, 15) is 0 Å². The Hall–Kier alpha value is 0.1000. The zero-order valence-electron chi connectivity index (χ0n) is 11.7. The molecule has 0 saturated heterocycles. The predicted molar refractivity (Wildman–Crippen MR) is 85.9 cm³/mol. The molecule has 1 N–H and O–H groups in total. The third kappa shape index (κ3) is 5.54. The number of rotatable bonds is 7. The van der Waals surface area contributed by atoms with Crippen LogP contribution < -0.4 is 5.32 Å². The standard InChI is InChI=1S/C15H24BrNOS/c1-12(15-10-13(16)11-19-15)17-8-5-9-18-14-6-3-2-4-7-14/h10-12,14,17H,2-9H2,1H3. The first kappa shape index (κ1) is 15.5. The van der Waals surface area contributed by atoms with Gasteiger partial charge in [0.2, 0.25) is 0 Å². The largest absolute Gasteiger partial charge is 0.378 e. The maximum absolute atomic E-state index is 5.93. The fourth-order valence-electron chi connectivity index (χ4n) is 2.53. The molecule has 1 fully saturated rings. The van der Waals surface area contributed by atoms with Crippen molar-refractivity contribution in [3.05, 3.63) is 20.8 Å². The number of hydrogen-bond donors (Lipinski definition) is 1. The van der Waals surface area contributed by atoms with Gasteiger partial charge in [0.15, 0.2) is 0 Å². The molecule has 0 amide bonds. The van der Waals surface area contributed by atoms with Crippen LogP contribution in [0.4, 0.5) is 0 Å².